The summed E-state index contributed by atoms with van der Waals surface area (Å²) >= 11 is 1.50. The Morgan fingerprint density at radius 1 is 1.47 bits per heavy atom. The fourth-order valence-corrected chi connectivity index (χ4v) is 2.52. The third-order valence-electron chi connectivity index (χ3n) is 2.05. The van der Waals surface area contributed by atoms with E-state index < -0.39 is 11.7 Å². The van der Waals surface area contributed by atoms with Gasteiger partial charge in [0.25, 0.3) is 0 Å². The maximum absolute atomic E-state index is 11.6. The Morgan fingerprint density at radius 3 is 2.82 bits per heavy atom. The van der Waals surface area contributed by atoms with Crippen LogP contribution in [0.2, 0.25) is 0 Å². The molecule has 1 amide bonds. The zero-order valence-electron chi connectivity index (χ0n) is 10.1. The Bertz CT molecular complexity index is 406. The molecule has 0 aromatic carbocycles. The average Bonchev–Trinajstić information content (AvgIpc) is 2.55. The van der Waals surface area contributed by atoms with Crippen LogP contribution in [0.3, 0.4) is 0 Å². The first kappa shape index (κ1) is 12.2. The van der Waals surface area contributed by atoms with E-state index in [1.54, 1.807) is 12.4 Å². The monoisotopic (exact) mass is 253 g/mol. The van der Waals surface area contributed by atoms with E-state index in [1.807, 2.05) is 20.8 Å². The summed E-state index contributed by atoms with van der Waals surface area (Å²) in [5.41, 5.74) is 0.454. The Hall–Kier alpha value is -1.30. The summed E-state index contributed by atoms with van der Waals surface area (Å²) in [6.07, 6.45) is 3.60. The number of nitrogens with zero attached hydrogens (tertiary/aromatic N) is 2. The molecule has 0 radical (unpaired) electrons. The van der Waals surface area contributed by atoms with Gasteiger partial charge in [0.2, 0.25) is 0 Å². The molecule has 0 aliphatic carbocycles. The average molecular weight is 253 g/mol. The van der Waals surface area contributed by atoms with E-state index >= 15 is 0 Å². The summed E-state index contributed by atoms with van der Waals surface area (Å²) < 4.78 is 5.19. The highest BCUT2D eigenvalue weighted by atomic mass is 32.2. The number of amides is 1. The summed E-state index contributed by atoms with van der Waals surface area (Å²) in [7, 11) is 0. The first-order valence-electron chi connectivity index (χ1n) is 5.40. The molecule has 2 heterocycles. The van der Waals surface area contributed by atoms with Crippen molar-refractivity contribution in [3.8, 4) is 0 Å². The van der Waals surface area contributed by atoms with Crippen LogP contribution in [0.15, 0.2) is 17.4 Å². The summed E-state index contributed by atoms with van der Waals surface area (Å²) in [5, 5.41) is 3.65. The highest BCUT2D eigenvalue weighted by molar-refractivity contribution is 8.00. The van der Waals surface area contributed by atoms with Crippen molar-refractivity contribution in [3.05, 3.63) is 18.1 Å². The molecule has 0 spiro atoms. The van der Waals surface area contributed by atoms with Gasteiger partial charge in [0, 0.05) is 18.8 Å². The third-order valence-corrected chi connectivity index (χ3v) is 3.18. The van der Waals surface area contributed by atoms with Crippen LogP contribution in [-0.4, -0.2) is 27.0 Å². The van der Waals surface area contributed by atoms with Gasteiger partial charge in [-0.1, -0.05) is 11.8 Å². The molecule has 6 heteroatoms. The molecule has 0 saturated heterocycles. The van der Waals surface area contributed by atoms with Crippen LogP contribution in [0.25, 0.3) is 0 Å². The number of carbonyl (C=O) groups is 1. The van der Waals surface area contributed by atoms with E-state index in [9.17, 15) is 4.79 Å². The van der Waals surface area contributed by atoms with Crippen LogP contribution in [-0.2, 0) is 11.2 Å². The van der Waals surface area contributed by atoms with Crippen LogP contribution in [0.4, 0.5) is 4.79 Å². The molecule has 0 bridgehead atoms. The molecular weight excluding hydrogens is 238 g/mol. The van der Waals surface area contributed by atoms with E-state index in [1.165, 1.54) is 11.8 Å². The van der Waals surface area contributed by atoms with E-state index in [-0.39, 0.29) is 5.37 Å². The van der Waals surface area contributed by atoms with E-state index in [2.05, 4.69) is 15.3 Å². The number of ether oxygens (including phenoxy) is 1. The van der Waals surface area contributed by atoms with Crippen LogP contribution in [0, 0.1) is 0 Å². The lowest BCUT2D eigenvalue weighted by Crippen LogP contribution is -2.37. The topological polar surface area (TPSA) is 64.1 Å². The second-order valence-electron chi connectivity index (χ2n) is 4.77. The lowest BCUT2D eigenvalue weighted by Gasteiger charge is -2.21. The maximum atomic E-state index is 11.6. The van der Waals surface area contributed by atoms with Gasteiger partial charge in [-0.25, -0.2) is 9.78 Å². The first-order valence-corrected chi connectivity index (χ1v) is 6.28. The maximum Gasteiger partial charge on any atom is 0.408 e. The standard InChI is InChI=1S/C11H15N3O2S/c1-11(2,3)16-10(15)14-8-6-7-9(17-8)13-5-4-12-7/h4-5,8H,6H2,1-3H3,(H,14,15). The zero-order chi connectivity index (χ0) is 12.5. The van der Waals surface area contributed by atoms with Gasteiger partial charge >= 0.3 is 6.09 Å². The predicted molar refractivity (Wildman–Crippen MR) is 64.8 cm³/mol. The number of hydrogen-bond donors (Lipinski definition) is 1. The van der Waals surface area contributed by atoms with Gasteiger partial charge in [-0.3, -0.25) is 4.98 Å². The second-order valence-corrected chi connectivity index (χ2v) is 5.96. The highest BCUT2D eigenvalue weighted by Gasteiger charge is 2.27. The summed E-state index contributed by atoms with van der Waals surface area (Å²) in [4.78, 5) is 20.0. The first-order chi connectivity index (χ1) is 7.94. The number of alkyl carbamates (subject to hydrolysis) is 1. The van der Waals surface area contributed by atoms with Crippen molar-refractivity contribution in [1.82, 2.24) is 15.3 Å². The Balaban J connectivity index is 1.90. The van der Waals surface area contributed by atoms with Gasteiger partial charge in [-0.2, -0.15) is 0 Å². The summed E-state index contributed by atoms with van der Waals surface area (Å²) in [6, 6.07) is 0. The molecule has 1 unspecified atom stereocenters. The lowest BCUT2D eigenvalue weighted by molar-refractivity contribution is 0.0522. The zero-order valence-corrected chi connectivity index (χ0v) is 10.9. The van der Waals surface area contributed by atoms with Crippen LogP contribution in [0.5, 0.6) is 0 Å². The van der Waals surface area contributed by atoms with Crippen molar-refractivity contribution in [3.63, 3.8) is 0 Å². The molecule has 1 aliphatic heterocycles. The largest absolute Gasteiger partial charge is 0.444 e. The predicted octanol–water partition coefficient (Wildman–Crippen LogP) is 1.98. The van der Waals surface area contributed by atoms with Gasteiger partial charge in [0.15, 0.2) is 0 Å². The highest BCUT2D eigenvalue weighted by Crippen LogP contribution is 2.32. The summed E-state index contributed by atoms with van der Waals surface area (Å²) in [5.74, 6) is 0. The van der Waals surface area contributed by atoms with Crippen molar-refractivity contribution in [2.45, 2.75) is 43.2 Å². The fourth-order valence-electron chi connectivity index (χ4n) is 1.46. The Morgan fingerprint density at radius 2 is 2.18 bits per heavy atom. The third kappa shape index (κ3) is 3.33. The smallest absolute Gasteiger partial charge is 0.408 e. The number of fused-ring (bicyclic) bond motifs is 1. The van der Waals surface area contributed by atoms with Gasteiger partial charge < -0.3 is 10.1 Å². The number of thioether (sulfide) groups is 1. The molecule has 0 fully saturated rings. The molecule has 1 aromatic rings. The van der Waals surface area contributed by atoms with E-state index in [0.717, 1.165) is 10.7 Å². The number of nitrogens with one attached hydrogen (secondary N) is 1. The molecule has 2 rings (SSSR count). The molecule has 1 atom stereocenters. The molecule has 5 nitrogen and oxygen atoms in total. The molecule has 1 aromatic heterocycles. The quantitative estimate of drug-likeness (QED) is 0.829. The van der Waals surface area contributed by atoms with Crippen molar-refractivity contribution < 1.29 is 9.53 Å². The van der Waals surface area contributed by atoms with Gasteiger partial charge in [-0.15, -0.1) is 0 Å². The van der Waals surface area contributed by atoms with Crippen LogP contribution < -0.4 is 5.32 Å². The molecule has 17 heavy (non-hydrogen) atoms. The minimum atomic E-state index is -0.475. The molecule has 92 valence electrons. The number of hydrogen-bond acceptors (Lipinski definition) is 5. The van der Waals surface area contributed by atoms with Crippen molar-refractivity contribution in [2.75, 3.05) is 0 Å². The van der Waals surface area contributed by atoms with Crippen molar-refractivity contribution in [2.24, 2.45) is 0 Å². The van der Waals surface area contributed by atoms with Crippen LogP contribution >= 0.6 is 11.8 Å². The summed E-state index contributed by atoms with van der Waals surface area (Å²) in [6.45, 7) is 5.52. The van der Waals surface area contributed by atoms with E-state index in [4.69, 9.17) is 4.74 Å². The van der Waals surface area contributed by atoms with Gasteiger partial charge in [0.1, 0.15) is 10.6 Å². The second kappa shape index (κ2) is 4.52. The molecule has 1 N–H and O–H groups in total. The Kier molecular flexibility index (Phi) is 3.24. The minimum absolute atomic E-state index is 0.0396. The number of carbonyl (C=O) groups excluding carboxylic acids is 1. The van der Waals surface area contributed by atoms with Crippen LogP contribution in [0.1, 0.15) is 26.5 Å². The van der Waals surface area contributed by atoms with Crippen molar-refractivity contribution >= 4 is 17.9 Å². The van der Waals surface area contributed by atoms with Gasteiger partial charge in [-0.05, 0) is 20.8 Å². The molecule has 1 aliphatic rings. The fraction of sp³-hybridized carbons (Fsp3) is 0.545. The molecule has 0 saturated carbocycles. The number of rotatable bonds is 1. The molecular formula is C11H15N3O2S. The minimum Gasteiger partial charge on any atom is -0.444 e. The number of aromatic nitrogens is 2. The Labute approximate surface area is 104 Å². The normalized spacial score (nSPS) is 18.6. The van der Waals surface area contributed by atoms with Gasteiger partial charge in [0.05, 0.1) is 11.1 Å². The SMILES string of the molecule is CC(C)(C)OC(=O)NC1Cc2nccnc2S1. The van der Waals surface area contributed by atoms with Crippen molar-refractivity contribution in [1.29, 1.82) is 0 Å². The van der Waals surface area contributed by atoms with E-state index in [0.29, 0.717) is 6.42 Å². The lowest BCUT2D eigenvalue weighted by atomic mass is 10.2.